The molecule has 28 heavy (non-hydrogen) atoms. The fourth-order valence-corrected chi connectivity index (χ4v) is 3.06. The number of carboxylic acids is 1. The lowest BCUT2D eigenvalue weighted by Crippen LogP contribution is -2.40. The molecule has 0 fully saturated rings. The van der Waals surface area contributed by atoms with E-state index in [1.54, 1.807) is 0 Å². The van der Waals surface area contributed by atoms with Crippen molar-refractivity contribution in [3.63, 3.8) is 0 Å². The number of carbonyl (C=O) groups is 2. The Morgan fingerprint density at radius 2 is 1.54 bits per heavy atom. The minimum atomic E-state index is -4.23. The molecule has 0 aliphatic carbocycles. The highest BCUT2D eigenvalue weighted by molar-refractivity contribution is 7.08. The van der Waals surface area contributed by atoms with E-state index in [-0.39, 0.29) is 17.0 Å². The largest absolute Gasteiger partial charge is 0.482 e. The molecule has 1 heterocycles. The van der Waals surface area contributed by atoms with Gasteiger partial charge in [0.05, 0.1) is 11.3 Å². The van der Waals surface area contributed by atoms with E-state index in [4.69, 9.17) is 5.11 Å². The SMILES string of the molecule is O=C(O)c1cscc1NC(=O)C(F)(F)Oc1ccc(-c2ccc(F)cc2)cc1. The van der Waals surface area contributed by atoms with Gasteiger partial charge >= 0.3 is 18.0 Å². The lowest BCUT2D eigenvalue weighted by atomic mass is 10.1. The Labute approximate surface area is 161 Å². The molecule has 0 aliphatic heterocycles. The maximum absolute atomic E-state index is 14.1. The van der Waals surface area contributed by atoms with Crippen LogP contribution in [0.15, 0.2) is 59.3 Å². The number of alkyl halides is 2. The zero-order chi connectivity index (χ0) is 20.3. The summed E-state index contributed by atoms with van der Waals surface area (Å²) in [4.78, 5) is 22.8. The molecular formula is C19H12F3NO4S. The van der Waals surface area contributed by atoms with Gasteiger partial charge in [-0.25, -0.2) is 9.18 Å². The number of ether oxygens (including phenoxy) is 1. The number of amides is 1. The van der Waals surface area contributed by atoms with Crippen molar-refractivity contribution in [2.75, 3.05) is 5.32 Å². The van der Waals surface area contributed by atoms with Gasteiger partial charge < -0.3 is 15.2 Å². The van der Waals surface area contributed by atoms with Crippen LogP contribution in [0, 0.1) is 5.82 Å². The van der Waals surface area contributed by atoms with E-state index in [0.717, 1.165) is 11.3 Å². The third-order valence-electron chi connectivity index (χ3n) is 3.68. The highest BCUT2D eigenvalue weighted by atomic mass is 32.1. The molecule has 2 N–H and O–H groups in total. The van der Waals surface area contributed by atoms with Gasteiger partial charge in [-0.2, -0.15) is 8.78 Å². The maximum Gasteiger partial charge on any atom is 0.482 e. The van der Waals surface area contributed by atoms with Crippen LogP contribution in [-0.4, -0.2) is 23.1 Å². The van der Waals surface area contributed by atoms with Gasteiger partial charge in [0, 0.05) is 10.8 Å². The van der Waals surface area contributed by atoms with Crippen LogP contribution in [0.25, 0.3) is 11.1 Å². The number of halogens is 3. The number of rotatable bonds is 6. The Morgan fingerprint density at radius 3 is 2.11 bits per heavy atom. The summed E-state index contributed by atoms with van der Waals surface area (Å²) in [5, 5.41) is 13.3. The van der Waals surface area contributed by atoms with Gasteiger partial charge in [0.25, 0.3) is 0 Å². The minimum Gasteiger partial charge on any atom is -0.478 e. The number of aromatic carboxylic acids is 1. The van der Waals surface area contributed by atoms with Gasteiger partial charge in [0.15, 0.2) is 0 Å². The van der Waals surface area contributed by atoms with E-state index in [9.17, 15) is 22.8 Å². The Balaban J connectivity index is 1.70. The standard InChI is InChI=1S/C19H12F3NO4S/c20-13-5-1-11(2-6-13)12-3-7-14(8-4-12)27-19(21,22)18(26)23-16-10-28-9-15(16)17(24)25/h1-10H,(H,23,26)(H,24,25). The second-order valence-corrected chi connectivity index (χ2v) is 6.35. The molecule has 1 aromatic heterocycles. The Bertz CT molecular complexity index is 1000. The van der Waals surface area contributed by atoms with E-state index in [1.165, 1.54) is 59.3 Å². The van der Waals surface area contributed by atoms with Crippen molar-refractivity contribution in [3.05, 3.63) is 70.7 Å². The van der Waals surface area contributed by atoms with Crippen LogP contribution in [0.1, 0.15) is 10.4 Å². The summed E-state index contributed by atoms with van der Waals surface area (Å²) in [5.74, 6) is -3.81. The summed E-state index contributed by atoms with van der Waals surface area (Å²) in [5.41, 5.74) is 0.788. The van der Waals surface area contributed by atoms with E-state index < -0.39 is 23.8 Å². The molecule has 0 saturated carbocycles. The molecule has 0 radical (unpaired) electrons. The van der Waals surface area contributed by atoms with Crippen molar-refractivity contribution < 1.29 is 32.6 Å². The Hall–Kier alpha value is -3.33. The highest BCUT2D eigenvalue weighted by Gasteiger charge is 2.42. The lowest BCUT2D eigenvalue weighted by Gasteiger charge is -2.17. The summed E-state index contributed by atoms with van der Waals surface area (Å²) in [6.07, 6.45) is -4.23. The van der Waals surface area contributed by atoms with Gasteiger partial charge in [0.2, 0.25) is 0 Å². The average molecular weight is 407 g/mol. The molecule has 5 nitrogen and oxygen atoms in total. The molecule has 3 rings (SSSR count). The fourth-order valence-electron chi connectivity index (χ4n) is 2.31. The normalized spacial score (nSPS) is 11.1. The number of carboxylic acid groups (broad SMARTS) is 1. The van der Waals surface area contributed by atoms with E-state index in [2.05, 4.69) is 4.74 Å². The van der Waals surface area contributed by atoms with Crippen molar-refractivity contribution in [3.8, 4) is 16.9 Å². The number of hydrogen-bond acceptors (Lipinski definition) is 4. The third kappa shape index (κ3) is 4.32. The van der Waals surface area contributed by atoms with E-state index in [1.807, 2.05) is 5.32 Å². The highest BCUT2D eigenvalue weighted by Crippen LogP contribution is 2.28. The maximum atomic E-state index is 14.1. The van der Waals surface area contributed by atoms with Gasteiger partial charge in [-0.3, -0.25) is 4.79 Å². The van der Waals surface area contributed by atoms with Crippen LogP contribution in [0.4, 0.5) is 18.9 Å². The zero-order valence-electron chi connectivity index (χ0n) is 14.0. The van der Waals surface area contributed by atoms with Crippen LogP contribution in [0.2, 0.25) is 0 Å². The second-order valence-electron chi connectivity index (χ2n) is 5.61. The zero-order valence-corrected chi connectivity index (χ0v) is 14.8. The summed E-state index contributed by atoms with van der Waals surface area (Å²) >= 11 is 0.947. The minimum absolute atomic E-state index is 0.238. The summed E-state index contributed by atoms with van der Waals surface area (Å²) in [6.45, 7) is 0. The number of nitrogens with one attached hydrogen (secondary N) is 1. The first-order valence-corrected chi connectivity index (χ1v) is 8.74. The van der Waals surface area contributed by atoms with Crippen molar-refractivity contribution in [1.29, 1.82) is 0 Å². The van der Waals surface area contributed by atoms with Crippen LogP contribution in [-0.2, 0) is 4.79 Å². The average Bonchev–Trinajstić information content (AvgIpc) is 3.11. The summed E-state index contributed by atoms with van der Waals surface area (Å²) in [7, 11) is 0. The number of anilines is 1. The van der Waals surface area contributed by atoms with Crippen molar-refractivity contribution in [2.24, 2.45) is 0 Å². The second kappa shape index (κ2) is 7.73. The van der Waals surface area contributed by atoms with Crippen molar-refractivity contribution in [2.45, 2.75) is 6.11 Å². The van der Waals surface area contributed by atoms with Gasteiger partial charge in [0.1, 0.15) is 11.6 Å². The predicted octanol–water partition coefficient (Wildman–Crippen LogP) is 4.86. The molecule has 9 heteroatoms. The lowest BCUT2D eigenvalue weighted by molar-refractivity contribution is -0.187. The van der Waals surface area contributed by atoms with Crippen LogP contribution >= 0.6 is 11.3 Å². The molecule has 0 atom stereocenters. The van der Waals surface area contributed by atoms with Crippen molar-refractivity contribution in [1.82, 2.24) is 0 Å². The smallest absolute Gasteiger partial charge is 0.478 e. The molecule has 2 aromatic carbocycles. The topological polar surface area (TPSA) is 75.6 Å². The van der Waals surface area contributed by atoms with Crippen molar-refractivity contribution >= 4 is 28.9 Å². The quantitative estimate of drug-likeness (QED) is 0.612. The van der Waals surface area contributed by atoms with E-state index in [0.29, 0.717) is 11.1 Å². The number of carbonyl (C=O) groups excluding carboxylic acids is 1. The molecule has 0 saturated heterocycles. The Morgan fingerprint density at radius 1 is 0.964 bits per heavy atom. The molecular weight excluding hydrogens is 395 g/mol. The molecule has 3 aromatic rings. The molecule has 144 valence electrons. The molecule has 0 bridgehead atoms. The van der Waals surface area contributed by atoms with Gasteiger partial charge in [-0.1, -0.05) is 24.3 Å². The van der Waals surface area contributed by atoms with Gasteiger partial charge in [-0.05, 0) is 35.4 Å². The summed E-state index contributed by atoms with van der Waals surface area (Å²) in [6, 6.07) is 11.1. The molecule has 1 amide bonds. The molecule has 0 unspecified atom stereocenters. The third-order valence-corrected chi connectivity index (χ3v) is 4.43. The van der Waals surface area contributed by atoms with Crippen LogP contribution in [0.5, 0.6) is 5.75 Å². The van der Waals surface area contributed by atoms with Gasteiger partial charge in [-0.15, -0.1) is 11.3 Å². The number of benzene rings is 2. The fraction of sp³-hybridized carbons (Fsp3) is 0.0526. The van der Waals surface area contributed by atoms with Crippen LogP contribution < -0.4 is 10.1 Å². The first-order chi connectivity index (χ1) is 13.3. The van der Waals surface area contributed by atoms with Crippen LogP contribution in [0.3, 0.4) is 0 Å². The molecule has 0 aliphatic rings. The van der Waals surface area contributed by atoms with E-state index >= 15 is 0 Å². The monoisotopic (exact) mass is 407 g/mol. The summed E-state index contributed by atoms with van der Waals surface area (Å²) < 4.78 is 45.6. The Kier molecular flexibility index (Phi) is 5.36. The first-order valence-electron chi connectivity index (χ1n) is 7.80. The predicted molar refractivity (Wildman–Crippen MR) is 97.3 cm³/mol. The number of hydrogen-bond donors (Lipinski definition) is 2. The first kappa shape index (κ1) is 19.4. The number of thiophene rings is 1. The molecule has 0 spiro atoms.